The number of aromatic nitrogens is 1. The lowest BCUT2D eigenvalue weighted by atomic mass is 9.97. The van der Waals surface area contributed by atoms with E-state index in [2.05, 4.69) is 31.0 Å². The maximum absolute atomic E-state index is 6.44. The smallest absolute Gasteiger partial charge is 0.256 e. The fraction of sp³-hybridized carbons (Fsp3) is 0.438. The monoisotopic (exact) mass is 290 g/mol. The highest BCUT2D eigenvalue weighted by atomic mass is 32.2. The summed E-state index contributed by atoms with van der Waals surface area (Å²) in [7, 11) is 0. The molecular formula is C16H22N2OS. The van der Waals surface area contributed by atoms with Crippen LogP contribution in [0.4, 0.5) is 0 Å². The van der Waals surface area contributed by atoms with Crippen LogP contribution < -0.4 is 5.73 Å². The van der Waals surface area contributed by atoms with Gasteiger partial charge in [-0.3, -0.25) is 0 Å². The van der Waals surface area contributed by atoms with E-state index in [9.17, 15) is 0 Å². The molecule has 0 radical (unpaired) electrons. The van der Waals surface area contributed by atoms with E-state index in [1.807, 2.05) is 32.0 Å². The summed E-state index contributed by atoms with van der Waals surface area (Å²) in [5.74, 6) is 1.31. The van der Waals surface area contributed by atoms with Crippen molar-refractivity contribution < 1.29 is 4.42 Å². The Morgan fingerprint density at radius 2 is 1.80 bits per heavy atom. The first-order valence-electron chi connectivity index (χ1n) is 6.90. The van der Waals surface area contributed by atoms with Crippen LogP contribution >= 0.6 is 11.8 Å². The highest BCUT2D eigenvalue weighted by molar-refractivity contribution is 7.99. The van der Waals surface area contributed by atoms with Crippen molar-refractivity contribution in [2.45, 2.75) is 44.2 Å². The van der Waals surface area contributed by atoms with E-state index < -0.39 is 0 Å². The minimum Gasteiger partial charge on any atom is -0.437 e. The first-order valence-corrected chi connectivity index (χ1v) is 7.78. The van der Waals surface area contributed by atoms with Gasteiger partial charge in [-0.25, -0.2) is 4.98 Å². The topological polar surface area (TPSA) is 52.0 Å². The van der Waals surface area contributed by atoms with E-state index in [-0.39, 0.29) is 11.3 Å². The van der Waals surface area contributed by atoms with Crippen molar-refractivity contribution >= 4 is 11.8 Å². The molecule has 0 spiro atoms. The fourth-order valence-corrected chi connectivity index (χ4v) is 3.27. The van der Waals surface area contributed by atoms with Crippen molar-refractivity contribution in [2.75, 3.05) is 0 Å². The Morgan fingerprint density at radius 1 is 1.15 bits per heavy atom. The molecule has 2 N–H and O–H groups in total. The van der Waals surface area contributed by atoms with Crippen molar-refractivity contribution in [2.24, 2.45) is 11.7 Å². The molecule has 20 heavy (non-hydrogen) atoms. The number of aryl methyl sites for hydroxylation is 2. The largest absolute Gasteiger partial charge is 0.437 e. The van der Waals surface area contributed by atoms with Crippen LogP contribution in [0.25, 0.3) is 0 Å². The zero-order valence-electron chi connectivity index (χ0n) is 12.5. The van der Waals surface area contributed by atoms with E-state index in [0.29, 0.717) is 11.1 Å². The van der Waals surface area contributed by atoms with Gasteiger partial charge < -0.3 is 10.2 Å². The molecule has 1 aromatic carbocycles. The first-order chi connectivity index (χ1) is 9.49. The van der Waals surface area contributed by atoms with E-state index in [0.717, 1.165) is 17.0 Å². The molecule has 0 aliphatic carbocycles. The molecule has 0 bridgehead atoms. The number of rotatable bonds is 5. The predicted octanol–water partition coefficient (Wildman–Crippen LogP) is 4.11. The van der Waals surface area contributed by atoms with Crippen LogP contribution in [-0.2, 0) is 0 Å². The molecule has 3 nitrogen and oxygen atoms in total. The molecule has 0 amide bonds. The summed E-state index contributed by atoms with van der Waals surface area (Å²) in [6, 6.07) is 10.2. The molecule has 2 aromatic rings. The molecule has 2 atom stereocenters. The minimum atomic E-state index is -0.0336. The van der Waals surface area contributed by atoms with E-state index in [1.165, 1.54) is 0 Å². The van der Waals surface area contributed by atoms with Crippen molar-refractivity contribution in [3.05, 3.63) is 47.3 Å². The second-order valence-corrected chi connectivity index (χ2v) is 6.51. The summed E-state index contributed by atoms with van der Waals surface area (Å²) in [6.45, 7) is 8.27. The number of hydrogen-bond acceptors (Lipinski definition) is 4. The van der Waals surface area contributed by atoms with Gasteiger partial charge in [0.15, 0.2) is 0 Å². The average Bonchev–Trinajstić information content (AvgIpc) is 2.75. The Bertz CT molecular complexity index is 531. The molecule has 0 fully saturated rings. The number of oxazole rings is 1. The molecule has 0 aliphatic heterocycles. The summed E-state index contributed by atoms with van der Waals surface area (Å²) < 4.78 is 5.68. The molecule has 108 valence electrons. The summed E-state index contributed by atoms with van der Waals surface area (Å²) in [6.07, 6.45) is 0. The van der Waals surface area contributed by atoms with Crippen LogP contribution in [0.5, 0.6) is 0 Å². The van der Waals surface area contributed by atoms with Crippen LogP contribution in [0.3, 0.4) is 0 Å². The predicted molar refractivity (Wildman–Crippen MR) is 83.8 cm³/mol. The van der Waals surface area contributed by atoms with Crippen LogP contribution in [0.15, 0.2) is 40.0 Å². The lowest BCUT2D eigenvalue weighted by molar-refractivity contribution is 0.425. The second-order valence-electron chi connectivity index (χ2n) is 5.38. The molecule has 0 saturated carbocycles. The summed E-state index contributed by atoms with van der Waals surface area (Å²) >= 11 is 1.63. The summed E-state index contributed by atoms with van der Waals surface area (Å²) in [5.41, 5.74) is 8.54. The number of nitrogens with zero attached hydrogens (tertiary/aromatic N) is 1. The number of thioether (sulfide) groups is 1. The maximum atomic E-state index is 6.44. The first kappa shape index (κ1) is 15.1. The van der Waals surface area contributed by atoms with Crippen molar-refractivity contribution in [1.82, 2.24) is 4.98 Å². The Labute approximate surface area is 125 Å². The van der Waals surface area contributed by atoms with Gasteiger partial charge in [0.2, 0.25) is 0 Å². The van der Waals surface area contributed by atoms with Gasteiger partial charge in [0.25, 0.3) is 5.22 Å². The van der Waals surface area contributed by atoms with E-state index >= 15 is 0 Å². The van der Waals surface area contributed by atoms with Gasteiger partial charge in [0.1, 0.15) is 5.76 Å². The third-order valence-electron chi connectivity index (χ3n) is 3.44. The normalized spacial score (nSPS) is 14.5. The van der Waals surface area contributed by atoms with Crippen LogP contribution in [0.2, 0.25) is 0 Å². The van der Waals surface area contributed by atoms with Crippen LogP contribution in [-0.4, -0.2) is 10.2 Å². The summed E-state index contributed by atoms with van der Waals surface area (Å²) in [4.78, 5) is 4.45. The Kier molecular flexibility index (Phi) is 4.89. The summed E-state index contributed by atoms with van der Waals surface area (Å²) in [5, 5.41) is 0.944. The SMILES string of the molecule is Cc1nc(SC(C(C)C)C(N)c2ccccc2)oc1C. The van der Waals surface area contributed by atoms with Crippen molar-refractivity contribution in [3.63, 3.8) is 0 Å². The minimum absolute atomic E-state index is 0.0336. The fourth-order valence-electron chi connectivity index (χ4n) is 2.10. The zero-order chi connectivity index (χ0) is 14.7. The standard InChI is InChI=1S/C16H22N2OS/c1-10(2)15(14(17)13-8-6-5-7-9-13)20-16-18-11(3)12(4)19-16/h5-10,14-15H,17H2,1-4H3. The Morgan fingerprint density at radius 3 is 2.30 bits per heavy atom. The average molecular weight is 290 g/mol. The van der Waals surface area contributed by atoms with Gasteiger partial charge in [0, 0.05) is 11.3 Å². The molecule has 1 heterocycles. The van der Waals surface area contributed by atoms with Gasteiger partial charge in [-0.05, 0) is 25.3 Å². The molecule has 0 saturated heterocycles. The van der Waals surface area contributed by atoms with Crippen molar-refractivity contribution in [3.8, 4) is 0 Å². The quantitative estimate of drug-likeness (QED) is 0.842. The number of benzene rings is 1. The molecule has 4 heteroatoms. The third kappa shape index (κ3) is 3.44. The number of nitrogens with two attached hydrogens (primary N) is 1. The Balaban J connectivity index is 2.19. The van der Waals surface area contributed by atoms with Gasteiger partial charge in [-0.1, -0.05) is 55.9 Å². The lowest BCUT2D eigenvalue weighted by Crippen LogP contribution is -2.28. The highest BCUT2D eigenvalue weighted by Gasteiger charge is 2.26. The highest BCUT2D eigenvalue weighted by Crippen LogP contribution is 2.35. The maximum Gasteiger partial charge on any atom is 0.256 e. The molecule has 2 unspecified atom stereocenters. The molecular weight excluding hydrogens is 268 g/mol. The van der Waals surface area contributed by atoms with E-state index in [4.69, 9.17) is 10.2 Å². The lowest BCUT2D eigenvalue weighted by Gasteiger charge is -2.25. The van der Waals surface area contributed by atoms with Gasteiger partial charge in [0.05, 0.1) is 5.69 Å². The molecule has 0 aliphatic rings. The van der Waals surface area contributed by atoms with Crippen molar-refractivity contribution in [1.29, 1.82) is 0 Å². The van der Waals surface area contributed by atoms with Crippen LogP contribution in [0, 0.1) is 19.8 Å². The zero-order valence-corrected chi connectivity index (χ0v) is 13.3. The number of hydrogen-bond donors (Lipinski definition) is 1. The molecule has 2 rings (SSSR count). The molecule has 1 aromatic heterocycles. The van der Waals surface area contributed by atoms with E-state index in [1.54, 1.807) is 11.8 Å². The van der Waals surface area contributed by atoms with Gasteiger partial charge >= 0.3 is 0 Å². The van der Waals surface area contributed by atoms with Gasteiger partial charge in [-0.15, -0.1) is 0 Å². The van der Waals surface area contributed by atoms with Crippen LogP contribution in [0.1, 0.15) is 36.9 Å². The Hall–Kier alpha value is -1.26. The second kappa shape index (κ2) is 6.46. The third-order valence-corrected chi connectivity index (χ3v) is 4.93. The van der Waals surface area contributed by atoms with Gasteiger partial charge in [-0.2, -0.15) is 0 Å².